The van der Waals surface area contributed by atoms with E-state index >= 15 is 0 Å². The Morgan fingerprint density at radius 2 is 1.90 bits per heavy atom. The van der Waals surface area contributed by atoms with Gasteiger partial charge in [0.2, 0.25) is 0 Å². The molecule has 5 nitrogen and oxygen atoms in total. The number of hydrogen-bond acceptors (Lipinski definition) is 5. The van der Waals surface area contributed by atoms with Crippen molar-refractivity contribution in [3.63, 3.8) is 0 Å². The van der Waals surface area contributed by atoms with Crippen molar-refractivity contribution < 1.29 is 4.74 Å². The van der Waals surface area contributed by atoms with Crippen LogP contribution in [0.1, 0.15) is 50.2 Å². The summed E-state index contributed by atoms with van der Waals surface area (Å²) in [6.07, 6.45) is 7.26. The van der Waals surface area contributed by atoms with Gasteiger partial charge < -0.3 is 4.74 Å². The molecule has 5 heteroatoms. The van der Waals surface area contributed by atoms with Gasteiger partial charge in [0.15, 0.2) is 0 Å². The van der Waals surface area contributed by atoms with Crippen LogP contribution >= 0.6 is 0 Å². The first-order valence-electron chi connectivity index (χ1n) is 11.0. The number of hydrazine groups is 1. The highest BCUT2D eigenvalue weighted by Gasteiger charge is 2.34. The predicted molar refractivity (Wildman–Crippen MR) is 117 cm³/mol. The van der Waals surface area contributed by atoms with Crippen molar-refractivity contribution in [2.75, 3.05) is 19.7 Å². The second kappa shape index (κ2) is 9.70. The number of nitrogens with one attached hydrogen (secondary N) is 2. The van der Waals surface area contributed by atoms with Gasteiger partial charge in [0.1, 0.15) is 5.75 Å². The number of aromatic nitrogens is 1. The molecule has 2 N–H and O–H groups in total. The van der Waals surface area contributed by atoms with Crippen LogP contribution in [0, 0.1) is 5.92 Å². The summed E-state index contributed by atoms with van der Waals surface area (Å²) in [5, 5.41) is 0. The average molecular weight is 395 g/mol. The molecule has 0 bridgehead atoms. The minimum Gasteiger partial charge on any atom is -0.494 e. The Kier molecular flexibility index (Phi) is 6.80. The van der Waals surface area contributed by atoms with Crippen LogP contribution in [-0.4, -0.2) is 41.7 Å². The second-order valence-electron chi connectivity index (χ2n) is 8.83. The second-order valence-corrected chi connectivity index (χ2v) is 8.83. The van der Waals surface area contributed by atoms with E-state index in [1.54, 1.807) is 0 Å². The summed E-state index contributed by atoms with van der Waals surface area (Å²) in [6, 6.07) is 13.8. The van der Waals surface area contributed by atoms with E-state index in [0.717, 1.165) is 31.2 Å². The number of likely N-dealkylation sites (tertiary alicyclic amines) is 1. The maximum absolute atomic E-state index is 5.97. The van der Waals surface area contributed by atoms with E-state index in [1.807, 2.05) is 12.4 Å². The SMILES string of the molecule is CC(C)c1ccc(OCCC2CC(C3CCN(Cc4ccncc4)C3)NN2)cc1. The van der Waals surface area contributed by atoms with E-state index in [2.05, 4.69) is 71.0 Å². The van der Waals surface area contributed by atoms with Crippen molar-refractivity contribution in [2.45, 2.75) is 57.7 Å². The maximum atomic E-state index is 5.97. The van der Waals surface area contributed by atoms with Crippen molar-refractivity contribution in [3.8, 4) is 5.75 Å². The van der Waals surface area contributed by atoms with E-state index in [-0.39, 0.29) is 0 Å². The molecule has 3 atom stereocenters. The summed E-state index contributed by atoms with van der Waals surface area (Å²) in [5.74, 6) is 2.25. The van der Waals surface area contributed by atoms with Crippen LogP contribution in [0.15, 0.2) is 48.8 Å². The number of hydrogen-bond donors (Lipinski definition) is 2. The standard InChI is InChI=1S/C24H34N4O/c1-18(2)20-3-5-23(6-4-20)29-14-10-22-15-24(27-26-22)21-9-13-28(17-21)16-19-7-11-25-12-8-19/h3-8,11-12,18,21-22,24,26-27H,9-10,13-17H2,1-2H3. The third-order valence-electron chi connectivity index (χ3n) is 6.33. The number of pyridine rings is 1. The molecule has 0 aliphatic carbocycles. The van der Waals surface area contributed by atoms with Crippen molar-refractivity contribution in [1.82, 2.24) is 20.7 Å². The third-order valence-corrected chi connectivity index (χ3v) is 6.33. The van der Waals surface area contributed by atoms with Crippen LogP contribution < -0.4 is 15.6 Å². The number of nitrogens with zero attached hydrogens (tertiary/aromatic N) is 2. The Hall–Kier alpha value is -1.95. The van der Waals surface area contributed by atoms with Crippen LogP contribution in [0.4, 0.5) is 0 Å². The minimum atomic E-state index is 0.490. The Morgan fingerprint density at radius 1 is 1.10 bits per heavy atom. The van der Waals surface area contributed by atoms with E-state index < -0.39 is 0 Å². The highest BCUT2D eigenvalue weighted by molar-refractivity contribution is 5.28. The van der Waals surface area contributed by atoms with E-state index in [4.69, 9.17) is 4.74 Å². The first-order chi connectivity index (χ1) is 14.2. The zero-order valence-corrected chi connectivity index (χ0v) is 17.7. The molecular weight excluding hydrogens is 360 g/mol. The molecule has 2 aromatic rings. The molecule has 1 aromatic carbocycles. The van der Waals surface area contributed by atoms with Crippen molar-refractivity contribution in [3.05, 3.63) is 59.9 Å². The molecule has 29 heavy (non-hydrogen) atoms. The fraction of sp³-hybridized carbons (Fsp3) is 0.542. The van der Waals surface area contributed by atoms with Gasteiger partial charge in [-0.3, -0.25) is 20.7 Å². The Balaban J connectivity index is 1.17. The van der Waals surface area contributed by atoms with Crippen molar-refractivity contribution in [2.24, 2.45) is 5.92 Å². The molecule has 0 amide bonds. The van der Waals surface area contributed by atoms with Gasteiger partial charge in [0.05, 0.1) is 6.61 Å². The van der Waals surface area contributed by atoms with Gasteiger partial charge in [-0.15, -0.1) is 0 Å². The number of ether oxygens (including phenoxy) is 1. The molecule has 4 rings (SSSR count). The van der Waals surface area contributed by atoms with Gasteiger partial charge in [-0.2, -0.15) is 0 Å². The predicted octanol–water partition coefficient (Wildman–Crippen LogP) is 3.73. The molecule has 0 saturated carbocycles. The largest absolute Gasteiger partial charge is 0.494 e. The van der Waals surface area contributed by atoms with Gasteiger partial charge in [-0.05, 0) is 73.0 Å². The molecule has 156 valence electrons. The molecule has 2 saturated heterocycles. The van der Waals surface area contributed by atoms with E-state index in [9.17, 15) is 0 Å². The van der Waals surface area contributed by atoms with Gasteiger partial charge in [-0.1, -0.05) is 26.0 Å². The van der Waals surface area contributed by atoms with Crippen LogP contribution in [-0.2, 0) is 6.54 Å². The lowest BCUT2D eigenvalue weighted by Crippen LogP contribution is -2.38. The summed E-state index contributed by atoms with van der Waals surface area (Å²) in [4.78, 5) is 6.68. The summed E-state index contributed by atoms with van der Waals surface area (Å²) in [7, 11) is 0. The molecule has 2 aliphatic heterocycles. The zero-order chi connectivity index (χ0) is 20.1. The molecule has 0 radical (unpaired) electrons. The zero-order valence-electron chi connectivity index (χ0n) is 17.7. The van der Waals surface area contributed by atoms with Crippen molar-refractivity contribution >= 4 is 0 Å². The smallest absolute Gasteiger partial charge is 0.119 e. The van der Waals surface area contributed by atoms with Crippen LogP contribution in [0.25, 0.3) is 0 Å². The molecular formula is C24H34N4O. The van der Waals surface area contributed by atoms with Crippen LogP contribution in [0.3, 0.4) is 0 Å². The minimum absolute atomic E-state index is 0.490. The summed E-state index contributed by atoms with van der Waals surface area (Å²) in [6.45, 7) is 8.58. The monoisotopic (exact) mass is 394 g/mol. The van der Waals surface area contributed by atoms with Gasteiger partial charge in [-0.25, -0.2) is 0 Å². The molecule has 3 heterocycles. The fourth-order valence-corrected chi connectivity index (χ4v) is 4.50. The fourth-order valence-electron chi connectivity index (χ4n) is 4.50. The first kappa shape index (κ1) is 20.3. The highest BCUT2D eigenvalue weighted by atomic mass is 16.5. The summed E-state index contributed by atoms with van der Waals surface area (Å²) >= 11 is 0. The highest BCUT2D eigenvalue weighted by Crippen LogP contribution is 2.26. The Labute approximate surface area is 174 Å². The van der Waals surface area contributed by atoms with Crippen LogP contribution in [0.2, 0.25) is 0 Å². The molecule has 3 unspecified atom stereocenters. The lowest BCUT2D eigenvalue weighted by molar-refractivity contribution is 0.288. The summed E-state index contributed by atoms with van der Waals surface area (Å²) in [5.41, 5.74) is 9.77. The normalized spacial score (nSPS) is 25.0. The number of rotatable bonds is 8. The van der Waals surface area contributed by atoms with Gasteiger partial charge in [0.25, 0.3) is 0 Å². The van der Waals surface area contributed by atoms with Gasteiger partial charge in [0, 0.05) is 37.6 Å². The van der Waals surface area contributed by atoms with E-state index in [0.29, 0.717) is 18.0 Å². The topological polar surface area (TPSA) is 49.4 Å². The average Bonchev–Trinajstić information content (AvgIpc) is 3.39. The molecule has 2 fully saturated rings. The Bertz CT molecular complexity index is 749. The lowest BCUT2D eigenvalue weighted by atomic mass is 9.94. The Morgan fingerprint density at radius 3 is 2.66 bits per heavy atom. The first-order valence-corrected chi connectivity index (χ1v) is 11.0. The molecule has 0 spiro atoms. The van der Waals surface area contributed by atoms with Crippen molar-refractivity contribution in [1.29, 1.82) is 0 Å². The maximum Gasteiger partial charge on any atom is 0.119 e. The number of benzene rings is 1. The quantitative estimate of drug-likeness (QED) is 0.714. The van der Waals surface area contributed by atoms with E-state index in [1.165, 1.54) is 37.1 Å². The van der Waals surface area contributed by atoms with Gasteiger partial charge >= 0.3 is 0 Å². The molecule has 1 aromatic heterocycles. The molecule has 2 aliphatic rings. The third kappa shape index (κ3) is 5.56. The van der Waals surface area contributed by atoms with Crippen LogP contribution in [0.5, 0.6) is 5.75 Å². The lowest BCUT2D eigenvalue weighted by Gasteiger charge is -2.19. The summed E-state index contributed by atoms with van der Waals surface area (Å²) < 4.78 is 5.97.